The van der Waals surface area contributed by atoms with Gasteiger partial charge in [0.15, 0.2) is 11.6 Å². The molecule has 3 N–H and O–H groups in total. The molecule has 1 heterocycles. The maximum absolute atomic E-state index is 13.6. The van der Waals surface area contributed by atoms with Crippen molar-refractivity contribution in [1.29, 1.82) is 0 Å². The van der Waals surface area contributed by atoms with Crippen molar-refractivity contribution in [1.82, 2.24) is 9.97 Å². The van der Waals surface area contributed by atoms with Crippen LogP contribution in [0.2, 0.25) is 0 Å². The van der Waals surface area contributed by atoms with E-state index in [2.05, 4.69) is 22.2 Å². The summed E-state index contributed by atoms with van der Waals surface area (Å²) in [6.07, 6.45) is 8.39. The number of nitrogens with zero attached hydrogens (tertiary/aromatic N) is 2. The molecule has 0 radical (unpaired) electrons. The molecular weight excluding hydrogens is 231 g/mol. The number of aromatic nitrogens is 2. The van der Waals surface area contributed by atoms with Gasteiger partial charge in [0.1, 0.15) is 0 Å². The van der Waals surface area contributed by atoms with Gasteiger partial charge in [-0.25, -0.2) is 9.37 Å². The van der Waals surface area contributed by atoms with Gasteiger partial charge < -0.3 is 11.1 Å². The molecule has 1 atom stereocenters. The highest BCUT2D eigenvalue weighted by atomic mass is 19.1. The molecule has 4 nitrogen and oxygen atoms in total. The summed E-state index contributed by atoms with van der Waals surface area (Å²) in [7, 11) is 0. The maximum atomic E-state index is 13.6. The van der Waals surface area contributed by atoms with Crippen molar-refractivity contribution in [3.05, 3.63) is 12.0 Å². The Morgan fingerprint density at radius 1 is 1.44 bits per heavy atom. The smallest absolute Gasteiger partial charge is 0.222 e. The Morgan fingerprint density at radius 3 is 2.83 bits per heavy atom. The van der Waals surface area contributed by atoms with E-state index in [-0.39, 0.29) is 17.8 Å². The lowest BCUT2D eigenvalue weighted by atomic mass is 9.83. The van der Waals surface area contributed by atoms with Crippen molar-refractivity contribution in [2.75, 3.05) is 11.1 Å². The van der Waals surface area contributed by atoms with Crippen molar-refractivity contribution in [3.63, 3.8) is 0 Å². The van der Waals surface area contributed by atoms with Crippen LogP contribution >= 0.6 is 0 Å². The second kappa shape index (κ2) is 5.98. The van der Waals surface area contributed by atoms with E-state index in [0.29, 0.717) is 5.92 Å². The highest BCUT2D eigenvalue weighted by Gasteiger charge is 2.23. The molecule has 0 spiro atoms. The standard InChI is InChI=1S/C13H21FN4/c1-2-11(9-6-4-3-5-7-9)17-12-10(14)8-16-13(15)18-12/h8-9,11H,2-7H2,1H3,(H3,15,16,17,18). The topological polar surface area (TPSA) is 63.8 Å². The SMILES string of the molecule is CCC(Nc1nc(N)ncc1F)C1CCCCC1. The van der Waals surface area contributed by atoms with Crippen molar-refractivity contribution in [2.45, 2.75) is 51.5 Å². The minimum Gasteiger partial charge on any atom is -0.368 e. The fraction of sp³-hybridized carbons (Fsp3) is 0.692. The first kappa shape index (κ1) is 13.1. The molecule has 5 heteroatoms. The molecule has 0 aliphatic heterocycles. The average Bonchev–Trinajstić information content (AvgIpc) is 2.41. The minimum absolute atomic E-state index is 0.109. The quantitative estimate of drug-likeness (QED) is 0.864. The maximum Gasteiger partial charge on any atom is 0.222 e. The number of nitrogens with one attached hydrogen (secondary N) is 1. The van der Waals surface area contributed by atoms with Crippen molar-refractivity contribution in [2.24, 2.45) is 5.92 Å². The molecule has 0 saturated heterocycles. The number of hydrogen-bond donors (Lipinski definition) is 2. The second-order valence-electron chi connectivity index (χ2n) is 4.98. The van der Waals surface area contributed by atoms with Crippen molar-refractivity contribution >= 4 is 11.8 Å². The lowest BCUT2D eigenvalue weighted by molar-refractivity contribution is 0.312. The summed E-state index contributed by atoms with van der Waals surface area (Å²) in [5, 5.41) is 3.20. The van der Waals surface area contributed by atoms with Crippen molar-refractivity contribution in [3.8, 4) is 0 Å². The minimum atomic E-state index is -0.432. The average molecular weight is 252 g/mol. The normalized spacial score (nSPS) is 18.6. The van der Waals surface area contributed by atoms with Gasteiger partial charge in [-0.1, -0.05) is 26.2 Å². The number of nitrogen functional groups attached to an aromatic ring is 1. The first-order valence-corrected chi connectivity index (χ1v) is 6.75. The fourth-order valence-corrected chi connectivity index (χ4v) is 2.75. The Morgan fingerprint density at radius 2 is 2.17 bits per heavy atom. The predicted octanol–water partition coefficient (Wildman–Crippen LogP) is 2.97. The van der Waals surface area contributed by atoms with Gasteiger partial charge in [-0.15, -0.1) is 0 Å². The molecule has 1 unspecified atom stereocenters. The third-order valence-electron chi connectivity index (χ3n) is 3.74. The van der Waals surface area contributed by atoms with Crippen LogP contribution in [0.1, 0.15) is 45.4 Å². The van der Waals surface area contributed by atoms with Gasteiger partial charge in [0, 0.05) is 6.04 Å². The second-order valence-corrected chi connectivity index (χ2v) is 4.98. The van der Waals surface area contributed by atoms with E-state index >= 15 is 0 Å². The van der Waals surface area contributed by atoms with E-state index in [1.54, 1.807) is 0 Å². The number of hydrogen-bond acceptors (Lipinski definition) is 4. The predicted molar refractivity (Wildman–Crippen MR) is 70.7 cm³/mol. The van der Waals surface area contributed by atoms with Gasteiger partial charge >= 0.3 is 0 Å². The van der Waals surface area contributed by atoms with Crippen LogP contribution in [0, 0.1) is 11.7 Å². The van der Waals surface area contributed by atoms with Gasteiger partial charge in [-0.2, -0.15) is 4.98 Å². The van der Waals surface area contributed by atoms with Crippen LogP contribution in [0.15, 0.2) is 6.20 Å². The summed E-state index contributed by atoms with van der Waals surface area (Å²) in [6, 6.07) is 0.272. The first-order valence-electron chi connectivity index (χ1n) is 6.75. The molecule has 0 amide bonds. The van der Waals surface area contributed by atoms with Gasteiger partial charge in [0.05, 0.1) is 6.20 Å². The summed E-state index contributed by atoms with van der Waals surface area (Å²) in [4.78, 5) is 7.57. The first-order chi connectivity index (χ1) is 8.70. The van der Waals surface area contributed by atoms with E-state index in [4.69, 9.17) is 5.73 Å². The Hall–Kier alpha value is -1.39. The molecule has 100 valence electrons. The van der Waals surface area contributed by atoms with Crippen LogP contribution in [0.3, 0.4) is 0 Å². The molecule has 1 aliphatic carbocycles. The van der Waals surface area contributed by atoms with E-state index in [9.17, 15) is 4.39 Å². The summed E-state index contributed by atoms with van der Waals surface area (Å²) in [5.74, 6) is 0.523. The van der Waals surface area contributed by atoms with Crippen LogP contribution in [0.5, 0.6) is 0 Å². The number of nitrogens with two attached hydrogens (primary N) is 1. The van der Waals surface area contributed by atoms with Gasteiger partial charge in [-0.05, 0) is 25.2 Å². The molecule has 0 bridgehead atoms. The van der Waals surface area contributed by atoms with E-state index in [1.165, 1.54) is 32.1 Å². The number of halogens is 1. The molecule has 2 rings (SSSR count). The monoisotopic (exact) mass is 252 g/mol. The van der Waals surface area contributed by atoms with Crippen LogP contribution in [0.4, 0.5) is 16.2 Å². The molecule has 1 saturated carbocycles. The largest absolute Gasteiger partial charge is 0.368 e. The molecule has 1 aromatic heterocycles. The zero-order chi connectivity index (χ0) is 13.0. The summed E-state index contributed by atoms with van der Waals surface area (Å²) < 4.78 is 13.6. The fourth-order valence-electron chi connectivity index (χ4n) is 2.75. The highest BCUT2D eigenvalue weighted by molar-refractivity contribution is 5.40. The van der Waals surface area contributed by atoms with E-state index in [1.807, 2.05) is 0 Å². The molecular formula is C13H21FN4. The lowest BCUT2D eigenvalue weighted by Gasteiger charge is -2.30. The van der Waals surface area contributed by atoms with Crippen molar-refractivity contribution < 1.29 is 4.39 Å². The van der Waals surface area contributed by atoms with Gasteiger partial charge in [0.25, 0.3) is 0 Å². The highest BCUT2D eigenvalue weighted by Crippen LogP contribution is 2.29. The molecule has 1 aromatic rings. The van der Waals surface area contributed by atoms with Gasteiger partial charge in [-0.3, -0.25) is 0 Å². The van der Waals surface area contributed by atoms with Crippen LogP contribution in [-0.2, 0) is 0 Å². The Kier molecular flexibility index (Phi) is 4.33. The third-order valence-corrected chi connectivity index (χ3v) is 3.74. The van der Waals surface area contributed by atoms with E-state index < -0.39 is 5.82 Å². The number of rotatable bonds is 4. The Labute approximate surface area is 107 Å². The number of anilines is 2. The third kappa shape index (κ3) is 3.09. The van der Waals surface area contributed by atoms with Crippen LogP contribution in [0.25, 0.3) is 0 Å². The van der Waals surface area contributed by atoms with Crippen LogP contribution in [-0.4, -0.2) is 16.0 Å². The summed E-state index contributed by atoms with van der Waals surface area (Å²) in [5.41, 5.74) is 5.49. The lowest BCUT2D eigenvalue weighted by Crippen LogP contribution is -2.31. The van der Waals surface area contributed by atoms with E-state index in [0.717, 1.165) is 12.6 Å². The molecule has 0 aromatic carbocycles. The Balaban J connectivity index is 2.06. The van der Waals surface area contributed by atoms with Crippen LogP contribution < -0.4 is 11.1 Å². The molecule has 1 fully saturated rings. The molecule has 18 heavy (non-hydrogen) atoms. The van der Waals surface area contributed by atoms with Gasteiger partial charge in [0.2, 0.25) is 5.95 Å². The zero-order valence-electron chi connectivity index (χ0n) is 10.8. The zero-order valence-corrected chi connectivity index (χ0v) is 10.8. The Bertz CT molecular complexity index is 391. The summed E-state index contributed by atoms with van der Waals surface area (Å²) >= 11 is 0. The molecule has 1 aliphatic rings. The summed E-state index contributed by atoms with van der Waals surface area (Å²) in [6.45, 7) is 2.12.